The number of halogens is 1. The van der Waals surface area contributed by atoms with Crippen LogP contribution in [0.25, 0.3) is 0 Å². The van der Waals surface area contributed by atoms with E-state index in [4.69, 9.17) is 16.3 Å². The van der Waals surface area contributed by atoms with Crippen molar-refractivity contribution < 1.29 is 9.53 Å². The average Bonchev–Trinajstić information content (AvgIpc) is 2.89. The van der Waals surface area contributed by atoms with Crippen LogP contribution in [0.5, 0.6) is 5.75 Å². The normalized spacial score (nSPS) is 17.7. The third-order valence-corrected chi connectivity index (χ3v) is 7.76. The van der Waals surface area contributed by atoms with E-state index >= 15 is 0 Å². The van der Waals surface area contributed by atoms with Gasteiger partial charge in [0.15, 0.2) is 0 Å². The van der Waals surface area contributed by atoms with Gasteiger partial charge in [-0.15, -0.1) is 0 Å². The van der Waals surface area contributed by atoms with Crippen LogP contribution >= 0.6 is 23.4 Å². The van der Waals surface area contributed by atoms with Crippen LogP contribution in [0, 0.1) is 18.3 Å². The van der Waals surface area contributed by atoms with Gasteiger partial charge >= 0.3 is 0 Å². The second-order valence-corrected chi connectivity index (χ2v) is 10.0. The van der Waals surface area contributed by atoms with E-state index in [2.05, 4.69) is 30.0 Å². The summed E-state index contributed by atoms with van der Waals surface area (Å²) in [5.41, 5.74) is 4.92. The predicted octanol–water partition coefficient (Wildman–Crippen LogP) is 6.45. The molecule has 2 aliphatic rings. The first-order valence-corrected chi connectivity index (χ1v) is 12.7. The van der Waals surface area contributed by atoms with Gasteiger partial charge in [-0.1, -0.05) is 65.8 Å². The summed E-state index contributed by atoms with van der Waals surface area (Å²) >= 11 is 7.50. The Hall–Kier alpha value is -3.40. The number of para-hydroxylation sites is 1. The number of benzene rings is 3. The molecular weight excluding hydrogens is 478 g/mol. The Balaban J connectivity index is 1.33. The molecule has 3 aromatic carbocycles. The summed E-state index contributed by atoms with van der Waals surface area (Å²) in [6.45, 7) is 2.97. The van der Waals surface area contributed by atoms with Crippen LogP contribution in [0.4, 0.5) is 5.69 Å². The van der Waals surface area contributed by atoms with Gasteiger partial charge in [0.05, 0.1) is 29.2 Å². The molecule has 7 heteroatoms. The number of nitrogens with zero attached hydrogens (tertiary/aromatic N) is 3. The van der Waals surface area contributed by atoms with Crippen LogP contribution < -0.4 is 9.64 Å². The molecule has 5 nitrogen and oxygen atoms in total. The molecule has 35 heavy (non-hydrogen) atoms. The number of anilines is 1. The highest BCUT2D eigenvalue weighted by atomic mass is 35.5. The van der Waals surface area contributed by atoms with Crippen LogP contribution in [0.2, 0.25) is 5.02 Å². The number of thioether (sulfide) groups is 1. The molecule has 0 radical (unpaired) electrons. The number of rotatable bonds is 5. The Labute approximate surface area is 214 Å². The molecule has 3 aromatic rings. The van der Waals surface area contributed by atoms with Crippen molar-refractivity contribution in [3.05, 3.63) is 105 Å². The average molecular weight is 502 g/mol. The molecule has 2 heterocycles. The van der Waals surface area contributed by atoms with Crippen LogP contribution in [0.3, 0.4) is 0 Å². The van der Waals surface area contributed by atoms with E-state index in [-0.39, 0.29) is 18.2 Å². The molecule has 2 aliphatic heterocycles. The topological polar surface area (TPSA) is 56.6 Å². The number of nitriles is 1. The largest absolute Gasteiger partial charge is 0.489 e. The molecule has 1 atom stereocenters. The maximum Gasteiger partial charge on any atom is 0.229 e. The first kappa shape index (κ1) is 23.3. The molecular formula is C28H24ClN3O2S. The van der Waals surface area contributed by atoms with Crippen molar-refractivity contribution in [1.82, 2.24) is 4.90 Å². The van der Waals surface area contributed by atoms with E-state index < -0.39 is 0 Å². The number of hydrogen-bond donors (Lipinski definition) is 0. The fourth-order valence-corrected chi connectivity index (χ4v) is 5.75. The molecule has 176 valence electrons. The summed E-state index contributed by atoms with van der Waals surface area (Å²) in [4.78, 5) is 17.1. The van der Waals surface area contributed by atoms with Gasteiger partial charge in [-0.2, -0.15) is 5.26 Å². The number of allylic oxidation sites excluding steroid dienone is 1. The molecule has 0 aliphatic carbocycles. The quantitative estimate of drug-likeness (QED) is 0.402. The molecule has 1 fully saturated rings. The summed E-state index contributed by atoms with van der Waals surface area (Å²) in [7, 11) is 0. The summed E-state index contributed by atoms with van der Waals surface area (Å²) in [6, 6.07) is 25.8. The Kier molecular flexibility index (Phi) is 6.72. The number of hydrogen-bond acceptors (Lipinski definition) is 5. The van der Waals surface area contributed by atoms with Crippen molar-refractivity contribution in [2.24, 2.45) is 0 Å². The number of amides is 1. The van der Waals surface area contributed by atoms with Gasteiger partial charge in [-0.05, 0) is 53.9 Å². The first-order valence-electron chi connectivity index (χ1n) is 11.4. The van der Waals surface area contributed by atoms with E-state index in [1.807, 2.05) is 60.7 Å². The molecule has 5 rings (SSSR count). The fourth-order valence-electron chi connectivity index (χ4n) is 4.46. The minimum absolute atomic E-state index is 0.0397. The first-order chi connectivity index (χ1) is 17.0. The predicted molar refractivity (Wildman–Crippen MR) is 140 cm³/mol. The van der Waals surface area contributed by atoms with Crippen LogP contribution in [0.1, 0.15) is 29.0 Å². The van der Waals surface area contributed by atoms with E-state index in [0.29, 0.717) is 29.7 Å². The van der Waals surface area contributed by atoms with Crippen LogP contribution in [-0.4, -0.2) is 23.4 Å². The number of carbonyl (C=O) groups excluding carboxylic acids is 1. The highest BCUT2D eigenvalue weighted by Gasteiger charge is 2.38. The van der Waals surface area contributed by atoms with Gasteiger partial charge in [0.1, 0.15) is 12.4 Å². The van der Waals surface area contributed by atoms with Crippen molar-refractivity contribution in [2.45, 2.75) is 25.9 Å². The monoisotopic (exact) mass is 501 g/mol. The molecule has 0 N–H and O–H groups in total. The highest BCUT2D eigenvalue weighted by molar-refractivity contribution is 8.03. The second kappa shape index (κ2) is 10.1. The zero-order chi connectivity index (χ0) is 24.4. The zero-order valence-corrected chi connectivity index (χ0v) is 20.9. The van der Waals surface area contributed by atoms with Gasteiger partial charge in [0.25, 0.3) is 0 Å². The lowest BCUT2D eigenvalue weighted by Crippen LogP contribution is -2.47. The van der Waals surface area contributed by atoms with E-state index in [0.717, 1.165) is 27.6 Å². The SMILES string of the molecule is Cc1ccccc1N1CSC2=C(C#N)[C@H](c3ccc(OCc4ccc(Cl)cc4)cc3)CC(=O)N2C1. The molecule has 0 aromatic heterocycles. The van der Waals surface area contributed by atoms with Crippen molar-refractivity contribution in [1.29, 1.82) is 5.26 Å². The Morgan fingerprint density at radius 3 is 2.54 bits per heavy atom. The summed E-state index contributed by atoms with van der Waals surface area (Å²) in [5.74, 6) is 1.22. The Morgan fingerprint density at radius 2 is 1.83 bits per heavy atom. The minimum atomic E-state index is -0.249. The molecule has 1 amide bonds. The van der Waals surface area contributed by atoms with Gasteiger partial charge in [0, 0.05) is 23.0 Å². The molecule has 0 spiro atoms. The van der Waals surface area contributed by atoms with Crippen molar-refractivity contribution in [3.8, 4) is 11.8 Å². The number of ether oxygens (including phenoxy) is 1. The molecule has 1 saturated heterocycles. The van der Waals surface area contributed by atoms with Gasteiger partial charge < -0.3 is 9.64 Å². The standard InChI is InChI=1S/C28H24ClN3O2S/c1-19-4-2-3-5-26(19)31-17-32-27(33)14-24(25(15-30)28(32)35-18-31)21-8-12-23(13-9-21)34-16-20-6-10-22(29)11-7-20/h2-13,24H,14,16-18H2,1H3/t24-/m0/s1. The van der Waals surface area contributed by atoms with Crippen LogP contribution in [-0.2, 0) is 11.4 Å². The number of fused-ring (bicyclic) bond motifs is 1. The van der Waals surface area contributed by atoms with Crippen molar-refractivity contribution >= 4 is 35.0 Å². The lowest BCUT2D eigenvalue weighted by Gasteiger charge is -2.42. The summed E-state index contributed by atoms with van der Waals surface area (Å²) in [5, 5.41) is 11.5. The fraction of sp³-hybridized carbons (Fsp3) is 0.214. The van der Waals surface area contributed by atoms with E-state index in [9.17, 15) is 10.1 Å². The van der Waals surface area contributed by atoms with Gasteiger partial charge in [0.2, 0.25) is 5.91 Å². The Bertz CT molecular complexity index is 1320. The van der Waals surface area contributed by atoms with Gasteiger partial charge in [-0.3, -0.25) is 9.69 Å². The maximum atomic E-state index is 13.2. The highest BCUT2D eigenvalue weighted by Crippen LogP contribution is 2.43. The zero-order valence-electron chi connectivity index (χ0n) is 19.3. The lowest BCUT2D eigenvalue weighted by molar-refractivity contribution is -0.129. The number of carbonyl (C=O) groups is 1. The second-order valence-electron chi connectivity index (χ2n) is 8.63. The lowest BCUT2D eigenvalue weighted by atomic mass is 9.86. The van der Waals surface area contributed by atoms with Gasteiger partial charge in [-0.25, -0.2) is 0 Å². The molecule has 0 bridgehead atoms. The summed E-state index contributed by atoms with van der Waals surface area (Å²) < 4.78 is 5.89. The van der Waals surface area contributed by atoms with E-state index in [1.54, 1.807) is 16.7 Å². The summed E-state index contributed by atoms with van der Waals surface area (Å²) in [6.07, 6.45) is 0.277. The van der Waals surface area contributed by atoms with Crippen molar-refractivity contribution in [2.75, 3.05) is 17.4 Å². The maximum absolute atomic E-state index is 13.2. The minimum Gasteiger partial charge on any atom is -0.489 e. The van der Waals surface area contributed by atoms with Crippen molar-refractivity contribution in [3.63, 3.8) is 0 Å². The van der Waals surface area contributed by atoms with Crippen LogP contribution in [0.15, 0.2) is 83.4 Å². The number of aryl methyl sites for hydroxylation is 1. The van der Waals surface area contributed by atoms with E-state index in [1.165, 1.54) is 5.56 Å². The Morgan fingerprint density at radius 1 is 1.09 bits per heavy atom. The third kappa shape index (κ3) is 4.88. The third-order valence-electron chi connectivity index (χ3n) is 6.35. The smallest absolute Gasteiger partial charge is 0.229 e. The molecule has 0 unspecified atom stereocenters. The molecule has 0 saturated carbocycles.